The van der Waals surface area contributed by atoms with Gasteiger partial charge in [0.1, 0.15) is 0 Å². The first-order valence-corrected chi connectivity index (χ1v) is 8.42. The maximum atomic E-state index is 6.29. The highest BCUT2D eigenvalue weighted by Crippen LogP contribution is 2.41. The monoisotopic (exact) mass is 291 g/mol. The molecule has 2 saturated carbocycles. The summed E-state index contributed by atoms with van der Waals surface area (Å²) in [6.45, 7) is 4.82. The van der Waals surface area contributed by atoms with Crippen LogP contribution in [0.15, 0.2) is 24.3 Å². The van der Waals surface area contributed by atoms with Crippen molar-refractivity contribution in [2.24, 2.45) is 5.41 Å². The third-order valence-electron chi connectivity index (χ3n) is 5.16. The van der Waals surface area contributed by atoms with Gasteiger partial charge in [0, 0.05) is 17.1 Å². The van der Waals surface area contributed by atoms with Crippen LogP contribution in [0.5, 0.6) is 0 Å². The van der Waals surface area contributed by atoms with Gasteiger partial charge in [-0.2, -0.15) is 0 Å². The van der Waals surface area contributed by atoms with Gasteiger partial charge >= 0.3 is 0 Å². The standard InChI is InChI=1S/C18H26ClN/c1-18(2)9-5-6-14(12-18)20-15-10-13(11-15)16-7-3-4-8-17(16)19/h3-4,7-8,13-15,20H,5-6,9-12H2,1-2H3. The van der Waals surface area contributed by atoms with Crippen LogP contribution < -0.4 is 5.32 Å². The molecule has 0 radical (unpaired) electrons. The molecule has 0 aliphatic heterocycles. The van der Waals surface area contributed by atoms with Crippen LogP contribution in [0, 0.1) is 5.41 Å². The molecule has 1 aromatic rings. The van der Waals surface area contributed by atoms with Crippen molar-refractivity contribution in [3.05, 3.63) is 34.9 Å². The number of hydrogen-bond donors (Lipinski definition) is 1. The molecule has 0 aromatic heterocycles. The molecule has 20 heavy (non-hydrogen) atoms. The summed E-state index contributed by atoms with van der Waals surface area (Å²) in [5.74, 6) is 0.665. The first kappa shape index (κ1) is 14.4. The van der Waals surface area contributed by atoms with Gasteiger partial charge in [-0.25, -0.2) is 0 Å². The van der Waals surface area contributed by atoms with Crippen LogP contribution in [0.25, 0.3) is 0 Å². The molecule has 0 amide bonds. The second-order valence-corrected chi connectivity index (χ2v) is 7.92. The summed E-state index contributed by atoms with van der Waals surface area (Å²) in [5, 5.41) is 4.83. The molecule has 3 rings (SSSR count). The Labute approximate surface area is 128 Å². The van der Waals surface area contributed by atoms with E-state index < -0.39 is 0 Å². The van der Waals surface area contributed by atoms with Gasteiger partial charge in [-0.15, -0.1) is 0 Å². The summed E-state index contributed by atoms with van der Waals surface area (Å²) >= 11 is 6.29. The Morgan fingerprint density at radius 1 is 1.15 bits per heavy atom. The van der Waals surface area contributed by atoms with E-state index in [1.165, 1.54) is 44.1 Å². The molecule has 0 saturated heterocycles. The van der Waals surface area contributed by atoms with Crippen molar-refractivity contribution < 1.29 is 0 Å². The Hall–Kier alpha value is -0.530. The molecule has 2 heteroatoms. The second kappa shape index (κ2) is 5.69. The van der Waals surface area contributed by atoms with E-state index in [-0.39, 0.29) is 0 Å². The van der Waals surface area contributed by atoms with E-state index in [0.717, 1.165) is 11.1 Å². The lowest BCUT2D eigenvalue weighted by atomic mass is 9.72. The van der Waals surface area contributed by atoms with Gasteiger partial charge < -0.3 is 5.32 Å². The fourth-order valence-electron chi connectivity index (χ4n) is 3.99. The topological polar surface area (TPSA) is 12.0 Å². The summed E-state index contributed by atoms with van der Waals surface area (Å²) in [5.41, 5.74) is 1.87. The lowest BCUT2D eigenvalue weighted by Crippen LogP contribution is -2.48. The van der Waals surface area contributed by atoms with Crippen LogP contribution in [0.4, 0.5) is 0 Å². The summed E-state index contributed by atoms with van der Waals surface area (Å²) < 4.78 is 0. The molecule has 2 aliphatic carbocycles. The molecule has 1 nitrogen and oxygen atoms in total. The van der Waals surface area contributed by atoms with Gasteiger partial charge in [-0.3, -0.25) is 0 Å². The quantitative estimate of drug-likeness (QED) is 0.812. The van der Waals surface area contributed by atoms with Gasteiger partial charge in [0.15, 0.2) is 0 Å². The van der Waals surface area contributed by atoms with Crippen LogP contribution in [-0.4, -0.2) is 12.1 Å². The van der Waals surface area contributed by atoms with Gasteiger partial charge in [-0.1, -0.05) is 50.1 Å². The lowest BCUT2D eigenvalue weighted by molar-refractivity contribution is 0.165. The van der Waals surface area contributed by atoms with Crippen molar-refractivity contribution >= 4 is 11.6 Å². The minimum Gasteiger partial charge on any atom is -0.311 e. The van der Waals surface area contributed by atoms with Gasteiger partial charge in [0.25, 0.3) is 0 Å². The molecule has 1 N–H and O–H groups in total. The molecule has 110 valence electrons. The van der Waals surface area contributed by atoms with Gasteiger partial charge in [-0.05, 0) is 55.1 Å². The fraction of sp³-hybridized carbons (Fsp3) is 0.667. The molecule has 2 aliphatic rings. The third-order valence-corrected chi connectivity index (χ3v) is 5.50. The number of benzene rings is 1. The van der Waals surface area contributed by atoms with Crippen molar-refractivity contribution in [1.29, 1.82) is 0 Å². The largest absolute Gasteiger partial charge is 0.311 e. The van der Waals surface area contributed by atoms with E-state index in [4.69, 9.17) is 11.6 Å². The highest BCUT2D eigenvalue weighted by atomic mass is 35.5. The van der Waals surface area contributed by atoms with E-state index >= 15 is 0 Å². The first-order chi connectivity index (χ1) is 9.53. The van der Waals surface area contributed by atoms with E-state index in [1.54, 1.807) is 0 Å². The van der Waals surface area contributed by atoms with Crippen LogP contribution in [-0.2, 0) is 0 Å². The molecule has 1 aromatic carbocycles. The molecular weight excluding hydrogens is 266 g/mol. The molecule has 0 heterocycles. The summed E-state index contributed by atoms with van der Waals surface area (Å²) in [6, 6.07) is 9.76. The minimum atomic E-state index is 0.530. The maximum absolute atomic E-state index is 6.29. The zero-order chi connectivity index (χ0) is 14.2. The molecule has 2 fully saturated rings. The highest BCUT2D eigenvalue weighted by molar-refractivity contribution is 6.31. The fourth-order valence-corrected chi connectivity index (χ4v) is 4.28. The minimum absolute atomic E-state index is 0.530. The predicted octanol–water partition coefficient (Wildman–Crippen LogP) is 5.14. The summed E-state index contributed by atoms with van der Waals surface area (Å²) in [4.78, 5) is 0. The smallest absolute Gasteiger partial charge is 0.0440 e. The summed E-state index contributed by atoms with van der Waals surface area (Å²) in [7, 11) is 0. The highest BCUT2D eigenvalue weighted by Gasteiger charge is 2.35. The van der Waals surface area contributed by atoms with E-state index in [1.807, 2.05) is 12.1 Å². The zero-order valence-corrected chi connectivity index (χ0v) is 13.4. The number of halogens is 1. The van der Waals surface area contributed by atoms with Gasteiger partial charge in [0.05, 0.1) is 0 Å². The van der Waals surface area contributed by atoms with Crippen molar-refractivity contribution in [2.75, 3.05) is 0 Å². The summed E-state index contributed by atoms with van der Waals surface area (Å²) in [6.07, 6.45) is 7.96. The second-order valence-electron chi connectivity index (χ2n) is 7.51. The number of nitrogens with one attached hydrogen (secondary N) is 1. The number of hydrogen-bond acceptors (Lipinski definition) is 1. The third kappa shape index (κ3) is 3.20. The van der Waals surface area contributed by atoms with Crippen molar-refractivity contribution in [2.45, 2.75) is 70.4 Å². The van der Waals surface area contributed by atoms with E-state index in [9.17, 15) is 0 Å². The van der Waals surface area contributed by atoms with Gasteiger partial charge in [0.2, 0.25) is 0 Å². The Kier molecular flexibility index (Phi) is 4.10. The van der Waals surface area contributed by atoms with Crippen LogP contribution in [0.1, 0.15) is 63.9 Å². The number of rotatable bonds is 3. The zero-order valence-electron chi connectivity index (χ0n) is 12.7. The average molecular weight is 292 g/mol. The Bertz CT molecular complexity index is 462. The molecular formula is C18H26ClN. The average Bonchev–Trinajstić information content (AvgIpc) is 2.33. The Morgan fingerprint density at radius 2 is 1.90 bits per heavy atom. The SMILES string of the molecule is CC1(C)CCCC(NC2CC(c3ccccc3Cl)C2)C1. The molecule has 1 atom stereocenters. The Balaban J connectivity index is 1.50. The Morgan fingerprint density at radius 3 is 2.60 bits per heavy atom. The molecule has 1 unspecified atom stereocenters. The van der Waals surface area contributed by atoms with Crippen LogP contribution in [0.3, 0.4) is 0 Å². The normalized spacial score (nSPS) is 32.6. The molecule has 0 spiro atoms. The van der Waals surface area contributed by atoms with Crippen molar-refractivity contribution in [3.63, 3.8) is 0 Å². The van der Waals surface area contributed by atoms with Crippen LogP contribution in [0.2, 0.25) is 5.02 Å². The lowest BCUT2D eigenvalue weighted by Gasteiger charge is -2.43. The van der Waals surface area contributed by atoms with Crippen LogP contribution >= 0.6 is 11.6 Å². The molecule has 0 bridgehead atoms. The predicted molar refractivity (Wildman–Crippen MR) is 86.4 cm³/mol. The van der Waals surface area contributed by atoms with E-state index in [0.29, 0.717) is 17.4 Å². The van der Waals surface area contributed by atoms with Crippen molar-refractivity contribution in [3.8, 4) is 0 Å². The maximum Gasteiger partial charge on any atom is 0.0440 e. The first-order valence-electron chi connectivity index (χ1n) is 8.04. The van der Waals surface area contributed by atoms with Crippen molar-refractivity contribution in [1.82, 2.24) is 5.32 Å². The van der Waals surface area contributed by atoms with E-state index in [2.05, 4.69) is 31.3 Å².